The first-order valence-corrected chi connectivity index (χ1v) is 4.98. The van der Waals surface area contributed by atoms with Gasteiger partial charge in [-0.15, -0.1) is 0 Å². The van der Waals surface area contributed by atoms with Crippen molar-refractivity contribution in [1.82, 2.24) is 9.38 Å². The number of nitrogens with zero attached hydrogens (tertiary/aromatic N) is 2. The molecule has 0 fully saturated rings. The lowest BCUT2D eigenvalue weighted by Gasteiger charge is -1.99. The zero-order valence-corrected chi connectivity index (χ0v) is 8.82. The number of aromatic nitrogens is 2. The fourth-order valence-electron chi connectivity index (χ4n) is 1.09. The van der Waals surface area contributed by atoms with Crippen LogP contribution >= 0.6 is 22.9 Å². The second-order valence-electron chi connectivity index (χ2n) is 2.80. The van der Waals surface area contributed by atoms with Crippen molar-refractivity contribution in [2.24, 2.45) is 0 Å². The SMILES string of the molecule is O=C(O)c1nc2sc(C(F)(F)F)cn2c1Cl. The monoisotopic (exact) mass is 270 g/mol. The molecule has 2 heterocycles. The van der Waals surface area contributed by atoms with Crippen LogP contribution in [0.15, 0.2) is 6.20 Å². The fourth-order valence-corrected chi connectivity index (χ4v) is 2.24. The molecule has 9 heteroatoms. The van der Waals surface area contributed by atoms with Gasteiger partial charge >= 0.3 is 12.1 Å². The fraction of sp³-hybridized carbons (Fsp3) is 0.143. The molecule has 0 atom stereocenters. The van der Waals surface area contributed by atoms with Crippen molar-refractivity contribution in [3.05, 3.63) is 21.9 Å². The van der Waals surface area contributed by atoms with E-state index in [1.165, 1.54) is 0 Å². The first kappa shape index (κ1) is 11.2. The van der Waals surface area contributed by atoms with Crippen LogP contribution in [0, 0.1) is 0 Å². The molecular weight excluding hydrogens is 269 g/mol. The average Bonchev–Trinajstić information content (AvgIpc) is 2.64. The molecule has 2 aromatic rings. The van der Waals surface area contributed by atoms with Gasteiger partial charge in [0.2, 0.25) is 0 Å². The number of carboxylic acids is 1. The highest BCUT2D eigenvalue weighted by Gasteiger charge is 2.34. The molecule has 86 valence electrons. The Morgan fingerprint density at radius 3 is 2.62 bits per heavy atom. The van der Waals surface area contributed by atoms with Crippen LogP contribution in [0.2, 0.25) is 5.15 Å². The molecule has 2 aromatic heterocycles. The number of carboxylic acid groups (broad SMARTS) is 1. The van der Waals surface area contributed by atoms with Crippen molar-refractivity contribution in [2.45, 2.75) is 6.18 Å². The number of aromatic carboxylic acids is 1. The highest BCUT2D eigenvalue weighted by atomic mass is 35.5. The van der Waals surface area contributed by atoms with Crippen molar-refractivity contribution in [2.75, 3.05) is 0 Å². The highest BCUT2D eigenvalue weighted by Crippen LogP contribution is 2.36. The molecule has 0 spiro atoms. The maximum absolute atomic E-state index is 12.3. The summed E-state index contributed by atoms with van der Waals surface area (Å²) in [5.41, 5.74) is -0.457. The second kappa shape index (κ2) is 3.36. The maximum Gasteiger partial charge on any atom is 0.427 e. The standard InChI is InChI=1S/C7H2ClF3N2O2S/c8-4-3(5(14)15)12-6-13(4)1-2(16-6)7(9,10)11/h1H,(H,14,15). The van der Waals surface area contributed by atoms with E-state index in [2.05, 4.69) is 4.98 Å². The maximum atomic E-state index is 12.3. The molecule has 0 aromatic carbocycles. The van der Waals surface area contributed by atoms with E-state index in [4.69, 9.17) is 16.7 Å². The number of alkyl halides is 3. The summed E-state index contributed by atoms with van der Waals surface area (Å²) in [6.45, 7) is 0. The minimum atomic E-state index is -4.49. The largest absolute Gasteiger partial charge is 0.476 e. The van der Waals surface area contributed by atoms with E-state index < -0.39 is 22.7 Å². The molecule has 0 saturated carbocycles. The minimum Gasteiger partial charge on any atom is -0.476 e. The van der Waals surface area contributed by atoms with Gasteiger partial charge < -0.3 is 5.11 Å². The second-order valence-corrected chi connectivity index (χ2v) is 4.17. The van der Waals surface area contributed by atoms with Gasteiger partial charge in [0.15, 0.2) is 10.7 Å². The first-order valence-electron chi connectivity index (χ1n) is 3.78. The lowest BCUT2D eigenvalue weighted by Crippen LogP contribution is -2.02. The number of thiazole rings is 1. The number of hydrogen-bond donors (Lipinski definition) is 1. The first-order chi connectivity index (χ1) is 7.30. The molecule has 2 rings (SSSR count). The molecule has 0 saturated heterocycles. The van der Waals surface area contributed by atoms with E-state index >= 15 is 0 Å². The summed E-state index contributed by atoms with van der Waals surface area (Å²) in [5.74, 6) is -1.38. The van der Waals surface area contributed by atoms with Crippen molar-refractivity contribution >= 4 is 33.9 Å². The van der Waals surface area contributed by atoms with Gasteiger partial charge in [-0.05, 0) is 0 Å². The highest BCUT2D eigenvalue weighted by molar-refractivity contribution is 7.17. The van der Waals surface area contributed by atoms with Gasteiger partial charge in [0.1, 0.15) is 10.0 Å². The van der Waals surface area contributed by atoms with Crippen molar-refractivity contribution in [1.29, 1.82) is 0 Å². The Labute approximate surface area is 94.9 Å². The van der Waals surface area contributed by atoms with Crippen molar-refractivity contribution in [3.8, 4) is 0 Å². The summed E-state index contributed by atoms with van der Waals surface area (Å²) in [7, 11) is 0. The van der Waals surface area contributed by atoms with E-state index in [-0.39, 0.29) is 10.1 Å². The van der Waals surface area contributed by atoms with Gasteiger partial charge in [0.05, 0.1) is 0 Å². The van der Waals surface area contributed by atoms with Gasteiger partial charge in [0.25, 0.3) is 0 Å². The Balaban J connectivity index is 2.63. The third kappa shape index (κ3) is 1.63. The predicted octanol–water partition coefficient (Wildman–Crippen LogP) is 2.77. The van der Waals surface area contributed by atoms with Gasteiger partial charge in [-0.3, -0.25) is 4.40 Å². The van der Waals surface area contributed by atoms with Crippen LogP contribution in [0.3, 0.4) is 0 Å². The number of halogens is 4. The quantitative estimate of drug-likeness (QED) is 0.867. The molecule has 1 N–H and O–H groups in total. The van der Waals surface area contributed by atoms with Crippen LogP contribution in [0.25, 0.3) is 4.96 Å². The normalized spacial score (nSPS) is 12.2. The van der Waals surface area contributed by atoms with Gasteiger partial charge in [0, 0.05) is 6.20 Å². The summed E-state index contributed by atoms with van der Waals surface area (Å²) in [6, 6.07) is 0. The summed E-state index contributed by atoms with van der Waals surface area (Å²) < 4.78 is 37.8. The molecule has 16 heavy (non-hydrogen) atoms. The molecule has 0 unspecified atom stereocenters. The zero-order chi connectivity index (χ0) is 12.1. The Morgan fingerprint density at radius 2 is 2.19 bits per heavy atom. The summed E-state index contributed by atoms with van der Waals surface area (Å²) in [5, 5.41) is 8.30. The third-order valence-corrected chi connectivity index (χ3v) is 3.14. The molecule has 0 radical (unpaired) electrons. The van der Waals surface area contributed by atoms with E-state index in [0.29, 0.717) is 11.3 Å². The zero-order valence-electron chi connectivity index (χ0n) is 7.25. The Morgan fingerprint density at radius 1 is 1.56 bits per heavy atom. The van der Waals surface area contributed by atoms with Crippen molar-refractivity contribution in [3.63, 3.8) is 0 Å². The van der Waals surface area contributed by atoms with Crippen LogP contribution in [-0.2, 0) is 6.18 Å². The number of carbonyl (C=O) groups is 1. The number of hydrogen-bond acceptors (Lipinski definition) is 3. The van der Waals surface area contributed by atoms with Gasteiger partial charge in [-0.1, -0.05) is 22.9 Å². The van der Waals surface area contributed by atoms with E-state index in [1.54, 1.807) is 0 Å². The Bertz CT molecular complexity index is 574. The van der Waals surface area contributed by atoms with Gasteiger partial charge in [-0.25, -0.2) is 9.78 Å². The minimum absolute atomic E-state index is 0.102. The Hall–Kier alpha value is -1.28. The summed E-state index contributed by atoms with van der Waals surface area (Å²) in [6.07, 6.45) is -3.76. The number of rotatable bonds is 1. The molecule has 0 amide bonds. The molecule has 0 aliphatic heterocycles. The smallest absolute Gasteiger partial charge is 0.427 e. The topological polar surface area (TPSA) is 54.6 Å². The van der Waals surface area contributed by atoms with Crippen molar-refractivity contribution < 1.29 is 23.1 Å². The molecule has 0 bridgehead atoms. The lowest BCUT2D eigenvalue weighted by atomic mass is 10.5. The molecule has 0 aliphatic rings. The van der Waals surface area contributed by atoms with E-state index in [0.717, 1.165) is 10.6 Å². The van der Waals surface area contributed by atoms with Crippen LogP contribution in [0.5, 0.6) is 0 Å². The summed E-state index contributed by atoms with van der Waals surface area (Å²) in [4.78, 5) is 13.1. The lowest BCUT2D eigenvalue weighted by molar-refractivity contribution is -0.134. The van der Waals surface area contributed by atoms with Crippen LogP contribution < -0.4 is 0 Å². The molecular formula is C7H2ClF3N2O2S. The van der Waals surface area contributed by atoms with Crippen LogP contribution in [-0.4, -0.2) is 20.5 Å². The van der Waals surface area contributed by atoms with E-state index in [9.17, 15) is 18.0 Å². The summed E-state index contributed by atoms with van der Waals surface area (Å²) >= 11 is 5.91. The van der Waals surface area contributed by atoms with Crippen LogP contribution in [0.1, 0.15) is 15.4 Å². The molecule has 4 nitrogen and oxygen atoms in total. The number of imidazole rings is 1. The average molecular weight is 271 g/mol. The third-order valence-electron chi connectivity index (χ3n) is 1.75. The number of fused-ring (bicyclic) bond motifs is 1. The Kier molecular flexibility index (Phi) is 2.35. The van der Waals surface area contributed by atoms with Gasteiger partial charge in [-0.2, -0.15) is 13.2 Å². The van der Waals surface area contributed by atoms with E-state index in [1.807, 2.05) is 0 Å². The predicted molar refractivity (Wildman–Crippen MR) is 50.0 cm³/mol. The van der Waals surface area contributed by atoms with Crippen LogP contribution in [0.4, 0.5) is 13.2 Å². The molecule has 0 aliphatic carbocycles.